The smallest absolute Gasteiger partial charge is 0.391 e. The topological polar surface area (TPSA) is 26.3 Å². The number of carbonyl (C=O) groups is 1. The van der Waals surface area contributed by atoms with Crippen molar-refractivity contribution in [2.75, 3.05) is 6.61 Å². The van der Waals surface area contributed by atoms with E-state index in [1.165, 1.54) is 0 Å². The van der Waals surface area contributed by atoms with E-state index < -0.39 is 18.0 Å². The Morgan fingerprint density at radius 2 is 2.05 bits per heavy atom. The van der Waals surface area contributed by atoms with Gasteiger partial charge < -0.3 is 4.74 Å². The number of benzene rings is 1. The largest absolute Gasteiger partial charge is 0.493 e. The lowest BCUT2D eigenvalue weighted by molar-refractivity contribution is -0.184. The summed E-state index contributed by atoms with van der Waals surface area (Å²) in [7, 11) is 0. The first-order valence-corrected chi connectivity index (χ1v) is 7.32. The maximum atomic E-state index is 12.8. The first kappa shape index (κ1) is 14.4. The number of alkyl halides is 3. The number of carbonyl (C=O) groups excluding carboxylic acids is 1. The molecule has 0 aromatic heterocycles. The Labute approximate surface area is 121 Å². The van der Waals surface area contributed by atoms with E-state index >= 15 is 0 Å². The summed E-state index contributed by atoms with van der Waals surface area (Å²) in [6, 6.07) is 5.20. The molecule has 0 N–H and O–H groups in total. The normalized spacial score (nSPS) is 25.3. The molecule has 0 saturated heterocycles. The first-order chi connectivity index (χ1) is 9.95. The molecule has 2 unspecified atom stereocenters. The molecule has 1 aromatic rings. The SMILES string of the molecule is O=C(c1ccc2c(c1)CCO2)C1CCCC(C(F)(F)F)C1. The van der Waals surface area contributed by atoms with E-state index in [0.29, 0.717) is 25.0 Å². The van der Waals surface area contributed by atoms with Gasteiger partial charge in [-0.1, -0.05) is 6.42 Å². The Bertz CT molecular complexity index is 551. The van der Waals surface area contributed by atoms with Crippen molar-refractivity contribution in [1.29, 1.82) is 0 Å². The second-order valence-electron chi connectivity index (χ2n) is 5.89. The molecule has 5 heteroatoms. The molecular formula is C16H17F3O2. The Balaban J connectivity index is 1.75. The zero-order valence-corrected chi connectivity index (χ0v) is 11.6. The van der Waals surface area contributed by atoms with Gasteiger partial charge in [0.25, 0.3) is 0 Å². The molecule has 21 heavy (non-hydrogen) atoms. The zero-order chi connectivity index (χ0) is 15.0. The number of rotatable bonds is 2. The van der Waals surface area contributed by atoms with E-state index in [0.717, 1.165) is 17.7 Å². The van der Waals surface area contributed by atoms with E-state index in [1.54, 1.807) is 18.2 Å². The van der Waals surface area contributed by atoms with Crippen LogP contribution in [0.3, 0.4) is 0 Å². The number of Topliss-reactive ketones (excluding diaryl/α,β-unsaturated/α-hetero) is 1. The summed E-state index contributed by atoms with van der Waals surface area (Å²) in [6.07, 6.45) is -2.34. The van der Waals surface area contributed by atoms with Crippen molar-refractivity contribution in [3.8, 4) is 5.75 Å². The van der Waals surface area contributed by atoms with Crippen molar-refractivity contribution in [2.24, 2.45) is 11.8 Å². The lowest BCUT2D eigenvalue weighted by Gasteiger charge is -2.29. The molecule has 0 radical (unpaired) electrons. The predicted molar refractivity (Wildman–Crippen MR) is 71.5 cm³/mol. The van der Waals surface area contributed by atoms with E-state index in [-0.39, 0.29) is 18.6 Å². The average molecular weight is 298 g/mol. The fourth-order valence-electron chi connectivity index (χ4n) is 3.30. The van der Waals surface area contributed by atoms with Crippen molar-refractivity contribution >= 4 is 5.78 Å². The van der Waals surface area contributed by atoms with Crippen LogP contribution in [0.5, 0.6) is 5.75 Å². The van der Waals surface area contributed by atoms with Gasteiger partial charge in [0, 0.05) is 17.9 Å². The highest BCUT2D eigenvalue weighted by Gasteiger charge is 2.43. The van der Waals surface area contributed by atoms with Gasteiger partial charge in [0.15, 0.2) is 5.78 Å². The number of ether oxygens (including phenoxy) is 1. The number of fused-ring (bicyclic) bond motifs is 1. The van der Waals surface area contributed by atoms with Crippen molar-refractivity contribution < 1.29 is 22.7 Å². The third kappa shape index (κ3) is 2.92. The minimum absolute atomic E-state index is 0.0735. The van der Waals surface area contributed by atoms with Crippen LogP contribution in [0.4, 0.5) is 13.2 Å². The quantitative estimate of drug-likeness (QED) is 0.766. The molecule has 3 rings (SSSR count). The van der Waals surface area contributed by atoms with Gasteiger partial charge in [0.1, 0.15) is 5.75 Å². The molecule has 0 amide bonds. The highest BCUT2D eigenvalue weighted by Crippen LogP contribution is 2.41. The van der Waals surface area contributed by atoms with Gasteiger partial charge in [-0.05, 0) is 43.0 Å². The minimum Gasteiger partial charge on any atom is -0.493 e. The summed E-state index contributed by atoms with van der Waals surface area (Å²) < 4.78 is 43.9. The molecule has 1 heterocycles. The molecule has 1 aliphatic heterocycles. The standard InChI is InChI=1S/C16H17F3O2/c17-16(18,19)13-3-1-2-11(9-13)15(20)12-4-5-14-10(8-12)6-7-21-14/h4-5,8,11,13H,1-3,6-7,9H2. The van der Waals surface area contributed by atoms with Crippen LogP contribution < -0.4 is 4.74 Å². The Kier molecular flexibility index (Phi) is 3.68. The van der Waals surface area contributed by atoms with E-state index in [1.807, 2.05) is 0 Å². The molecule has 0 spiro atoms. The summed E-state index contributed by atoms with van der Waals surface area (Å²) >= 11 is 0. The second kappa shape index (κ2) is 5.35. The number of halogens is 3. The maximum Gasteiger partial charge on any atom is 0.391 e. The molecule has 1 saturated carbocycles. The third-order valence-corrected chi connectivity index (χ3v) is 4.48. The van der Waals surface area contributed by atoms with Crippen LogP contribution in [0.1, 0.15) is 41.6 Å². The molecule has 1 fully saturated rings. The summed E-state index contributed by atoms with van der Waals surface area (Å²) in [6.45, 7) is 0.604. The van der Waals surface area contributed by atoms with Gasteiger partial charge in [-0.25, -0.2) is 0 Å². The lowest BCUT2D eigenvalue weighted by Crippen LogP contribution is -2.31. The molecule has 2 atom stereocenters. The van der Waals surface area contributed by atoms with Crippen LogP contribution >= 0.6 is 0 Å². The number of ketones is 1. The second-order valence-corrected chi connectivity index (χ2v) is 5.89. The summed E-state index contributed by atoms with van der Waals surface area (Å²) in [4.78, 5) is 12.5. The molecule has 0 bridgehead atoms. The van der Waals surface area contributed by atoms with Crippen LogP contribution in [0.25, 0.3) is 0 Å². The Hall–Kier alpha value is -1.52. The van der Waals surface area contributed by atoms with Crippen molar-refractivity contribution in [1.82, 2.24) is 0 Å². The molecule has 2 nitrogen and oxygen atoms in total. The first-order valence-electron chi connectivity index (χ1n) is 7.32. The minimum atomic E-state index is -4.19. The number of hydrogen-bond donors (Lipinski definition) is 0. The highest BCUT2D eigenvalue weighted by atomic mass is 19.4. The van der Waals surface area contributed by atoms with E-state index in [2.05, 4.69) is 0 Å². The van der Waals surface area contributed by atoms with Gasteiger partial charge in [-0.15, -0.1) is 0 Å². The molecule has 2 aliphatic rings. The summed E-state index contributed by atoms with van der Waals surface area (Å²) in [5, 5.41) is 0. The van der Waals surface area contributed by atoms with Gasteiger partial charge in [-0.3, -0.25) is 4.79 Å². The van der Waals surface area contributed by atoms with Crippen molar-refractivity contribution in [2.45, 2.75) is 38.3 Å². The Morgan fingerprint density at radius 3 is 2.81 bits per heavy atom. The summed E-state index contributed by atoms with van der Waals surface area (Å²) in [5.41, 5.74) is 1.50. The molecular weight excluding hydrogens is 281 g/mol. The van der Waals surface area contributed by atoms with Crippen LogP contribution in [0.15, 0.2) is 18.2 Å². The van der Waals surface area contributed by atoms with Gasteiger partial charge in [0.2, 0.25) is 0 Å². The fraction of sp³-hybridized carbons (Fsp3) is 0.562. The van der Waals surface area contributed by atoms with Crippen LogP contribution in [-0.4, -0.2) is 18.6 Å². The zero-order valence-electron chi connectivity index (χ0n) is 11.6. The maximum absolute atomic E-state index is 12.8. The summed E-state index contributed by atoms with van der Waals surface area (Å²) in [5.74, 6) is -1.22. The van der Waals surface area contributed by atoms with E-state index in [4.69, 9.17) is 4.74 Å². The lowest BCUT2D eigenvalue weighted by atomic mass is 9.77. The Morgan fingerprint density at radius 1 is 1.24 bits per heavy atom. The fourth-order valence-corrected chi connectivity index (χ4v) is 3.30. The predicted octanol–water partition coefficient (Wildman–Crippen LogP) is 4.17. The third-order valence-electron chi connectivity index (χ3n) is 4.48. The van der Waals surface area contributed by atoms with Crippen molar-refractivity contribution in [3.63, 3.8) is 0 Å². The molecule has 114 valence electrons. The van der Waals surface area contributed by atoms with Crippen LogP contribution in [-0.2, 0) is 6.42 Å². The van der Waals surface area contributed by atoms with Gasteiger partial charge in [-0.2, -0.15) is 13.2 Å². The van der Waals surface area contributed by atoms with Gasteiger partial charge in [0.05, 0.1) is 12.5 Å². The average Bonchev–Trinajstić information content (AvgIpc) is 2.93. The van der Waals surface area contributed by atoms with Crippen molar-refractivity contribution in [3.05, 3.63) is 29.3 Å². The van der Waals surface area contributed by atoms with E-state index in [9.17, 15) is 18.0 Å². The monoisotopic (exact) mass is 298 g/mol. The van der Waals surface area contributed by atoms with Crippen LogP contribution in [0.2, 0.25) is 0 Å². The van der Waals surface area contributed by atoms with Crippen LogP contribution in [0, 0.1) is 11.8 Å². The molecule has 1 aliphatic carbocycles. The highest BCUT2D eigenvalue weighted by molar-refractivity contribution is 5.98. The molecule has 1 aromatic carbocycles. The number of hydrogen-bond acceptors (Lipinski definition) is 2. The van der Waals surface area contributed by atoms with Gasteiger partial charge >= 0.3 is 6.18 Å².